The monoisotopic (exact) mass is 428 g/mol. The second-order valence-electron chi connectivity index (χ2n) is 6.98. The summed E-state index contributed by atoms with van der Waals surface area (Å²) in [4.78, 5) is 39.9. The van der Waals surface area contributed by atoms with Crippen molar-refractivity contribution in [2.75, 3.05) is 31.5 Å². The third-order valence-electron chi connectivity index (χ3n) is 4.69. The van der Waals surface area contributed by atoms with Crippen LogP contribution in [0.15, 0.2) is 54.2 Å². The zero-order valence-corrected chi connectivity index (χ0v) is 16.9. The van der Waals surface area contributed by atoms with Gasteiger partial charge in [-0.3, -0.25) is 9.59 Å². The first-order valence-corrected chi connectivity index (χ1v) is 9.68. The number of nitrogens with one attached hydrogen (secondary N) is 2. The summed E-state index contributed by atoms with van der Waals surface area (Å²) in [6.45, 7) is 2.26. The number of carbonyl (C=O) groups is 3. The van der Waals surface area contributed by atoms with Crippen LogP contribution in [0.2, 0.25) is 0 Å². The van der Waals surface area contributed by atoms with E-state index in [0.29, 0.717) is 5.56 Å². The maximum Gasteiger partial charge on any atom is 0.322 e. The molecule has 0 saturated carbocycles. The van der Waals surface area contributed by atoms with Gasteiger partial charge in [0.25, 0.3) is 5.91 Å². The summed E-state index contributed by atoms with van der Waals surface area (Å²) in [5.41, 5.74) is 0.700. The summed E-state index contributed by atoms with van der Waals surface area (Å²) < 4.78 is 26.9. The number of piperazine rings is 1. The number of nitrogens with zero attached hydrogens (tertiary/aromatic N) is 2. The van der Waals surface area contributed by atoms with Gasteiger partial charge in [-0.2, -0.15) is 0 Å². The first kappa shape index (κ1) is 21.9. The van der Waals surface area contributed by atoms with Gasteiger partial charge in [-0.15, -0.1) is 0 Å². The highest BCUT2D eigenvalue weighted by atomic mass is 19.1. The van der Waals surface area contributed by atoms with Crippen molar-refractivity contribution in [2.24, 2.45) is 0 Å². The molecule has 2 aromatic carbocycles. The highest BCUT2D eigenvalue weighted by molar-refractivity contribution is 6.01. The molecule has 2 N–H and O–H groups in total. The lowest BCUT2D eigenvalue weighted by atomic mass is 10.1. The molecule has 1 aliphatic heterocycles. The molecule has 31 heavy (non-hydrogen) atoms. The number of hydrogen-bond donors (Lipinski definition) is 2. The Hall–Kier alpha value is -3.75. The minimum Gasteiger partial charge on any atom is -0.334 e. The van der Waals surface area contributed by atoms with Crippen molar-refractivity contribution in [3.05, 3.63) is 71.4 Å². The van der Waals surface area contributed by atoms with Gasteiger partial charge in [0, 0.05) is 33.1 Å². The van der Waals surface area contributed by atoms with E-state index >= 15 is 0 Å². The first-order chi connectivity index (χ1) is 14.8. The van der Waals surface area contributed by atoms with Gasteiger partial charge in [-0.05, 0) is 35.9 Å². The maximum atomic E-state index is 13.7. The average Bonchev–Trinajstić information content (AvgIpc) is 2.75. The van der Waals surface area contributed by atoms with Crippen molar-refractivity contribution in [1.29, 1.82) is 0 Å². The topological polar surface area (TPSA) is 81.8 Å². The lowest BCUT2D eigenvalue weighted by Gasteiger charge is -2.35. The SMILES string of the molecule is CC(=O)NC(=Cc1ccc(F)cc1)C(=O)N1CCN(C(=O)Nc2ccccc2F)CC1. The van der Waals surface area contributed by atoms with Gasteiger partial charge < -0.3 is 20.4 Å². The summed E-state index contributed by atoms with van der Waals surface area (Å²) >= 11 is 0. The van der Waals surface area contributed by atoms with Gasteiger partial charge >= 0.3 is 6.03 Å². The largest absolute Gasteiger partial charge is 0.334 e. The molecule has 0 radical (unpaired) electrons. The molecule has 7 nitrogen and oxygen atoms in total. The van der Waals surface area contributed by atoms with Gasteiger partial charge in [0.2, 0.25) is 5.91 Å². The van der Waals surface area contributed by atoms with Gasteiger partial charge in [0.05, 0.1) is 5.69 Å². The number of hydrogen-bond acceptors (Lipinski definition) is 3. The van der Waals surface area contributed by atoms with E-state index in [0.717, 1.165) is 0 Å². The van der Waals surface area contributed by atoms with E-state index in [1.807, 2.05) is 0 Å². The normalized spacial score (nSPS) is 14.2. The number of halogens is 2. The molecule has 4 amide bonds. The van der Waals surface area contributed by atoms with Crippen LogP contribution in [0.4, 0.5) is 19.3 Å². The number of para-hydroxylation sites is 1. The zero-order chi connectivity index (χ0) is 22.4. The third kappa shape index (κ3) is 5.88. The Balaban J connectivity index is 1.64. The van der Waals surface area contributed by atoms with Crippen molar-refractivity contribution in [3.8, 4) is 0 Å². The van der Waals surface area contributed by atoms with Crippen molar-refractivity contribution in [3.63, 3.8) is 0 Å². The molecular weight excluding hydrogens is 406 g/mol. The van der Waals surface area contributed by atoms with Crippen molar-refractivity contribution < 1.29 is 23.2 Å². The van der Waals surface area contributed by atoms with Crippen LogP contribution in [0, 0.1) is 11.6 Å². The van der Waals surface area contributed by atoms with Crippen LogP contribution < -0.4 is 10.6 Å². The second kappa shape index (κ2) is 9.84. The molecule has 0 atom stereocenters. The molecule has 1 heterocycles. The highest BCUT2D eigenvalue weighted by Gasteiger charge is 2.26. The number of anilines is 1. The Morgan fingerprint density at radius 1 is 0.903 bits per heavy atom. The van der Waals surface area contributed by atoms with Crippen LogP contribution >= 0.6 is 0 Å². The second-order valence-corrected chi connectivity index (χ2v) is 6.98. The Labute approximate surface area is 178 Å². The molecule has 162 valence electrons. The fourth-order valence-electron chi connectivity index (χ4n) is 3.11. The fraction of sp³-hybridized carbons (Fsp3) is 0.227. The predicted molar refractivity (Wildman–Crippen MR) is 112 cm³/mol. The Kier molecular flexibility index (Phi) is 6.96. The third-order valence-corrected chi connectivity index (χ3v) is 4.69. The molecule has 9 heteroatoms. The molecule has 1 aliphatic rings. The molecule has 2 aromatic rings. The van der Waals surface area contributed by atoms with Crippen LogP contribution in [0.3, 0.4) is 0 Å². The molecule has 1 saturated heterocycles. The van der Waals surface area contributed by atoms with E-state index < -0.39 is 29.5 Å². The molecule has 1 fully saturated rings. The van der Waals surface area contributed by atoms with E-state index in [4.69, 9.17) is 0 Å². The number of rotatable bonds is 4. The molecule has 0 aromatic heterocycles. The summed E-state index contributed by atoms with van der Waals surface area (Å²) in [7, 11) is 0. The highest BCUT2D eigenvalue weighted by Crippen LogP contribution is 2.15. The standard InChI is InChI=1S/C22H22F2N4O3/c1-15(29)25-20(14-16-6-8-17(23)9-7-16)21(30)27-10-12-28(13-11-27)22(31)26-19-5-3-2-4-18(19)24/h2-9,14H,10-13H2,1H3,(H,25,29)(H,26,31). The minimum atomic E-state index is -0.532. The minimum absolute atomic E-state index is 0.0587. The predicted octanol–water partition coefficient (Wildman–Crippen LogP) is 2.82. The average molecular weight is 428 g/mol. The summed E-state index contributed by atoms with van der Waals surface area (Å²) in [6, 6.07) is 10.9. The molecular formula is C22H22F2N4O3. The van der Waals surface area contributed by atoms with Crippen molar-refractivity contribution in [2.45, 2.75) is 6.92 Å². The lowest BCUT2D eigenvalue weighted by molar-refractivity contribution is -0.130. The Bertz CT molecular complexity index is 1000. The van der Waals surface area contributed by atoms with Gasteiger partial charge in [0.1, 0.15) is 17.3 Å². The maximum absolute atomic E-state index is 13.7. The number of benzene rings is 2. The molecule has 0 spiro atoms. The lowest BCUT2D eigenvalue weighted by Crippen LogP contribution is -2.52. The Morgan fingerprint density at radius 2 is 1.52 bits per heavy atom. The van der Waals surface area contributed by atoms with Gasteiger partial charge in [-0.1, -0.05) is 24.3 Å². The van der Waals surface area contributed by atoms with E-state index in [1.54, 1.807) is 6.07 Å². The van der Waals surface area contributed by atoms with Crippen LogP contribution in [-0.2, 0) is 9.59 Å². The van der Waals surface area contributed by atoms with E-state index in [2.05, 4.69) is 10.6 Å². The van der Waals surface area contributed by atoms with Crippen LogP contribution in [0.1, 0.15) is 12.5 Å². The Morgan fingerprint density at radius 3 is 2.13 bits per heavy atom. The summed E-state index contributed by atoms with van der Waals surface area (Å²) in [5, 5.41) is 5.04. The van der Waals surface area contributed by atoms with Crippen molar-refractivity contribution >= 4 is 29.6 Å². The molecule has 0 unspecified atom stereocenters. The van der Waals surface area contributed by atoms with Crippen LogP contribution in [0.25, 0.3) is 6.08 Å². The van der Waals surface area contributed by atoms with Crippen LogP contribution in [0.5, 0.6) is 0 Å². The first-order valence-electron chi connectivity index (χ1n) is 9.68. The van der Waals surface area contributed by atoms with Crippen molar-refractivity contribution in [1.82, 2.24) is 15.1 Å². The summed E-state index contributed by atoms with van der Waals surface area (Å²) in [6.07, 6.45) is 1.47. The fourth-order valence-corrected chi connectivity index (χ4v) is 3.11. The van der Waals surface area contributed by atoms with Gasteiger partial charge in [0.15, 0.2) is 0 Å². The molecule has 3 rings (SSSR count). The smallest absolute Gasteiger partial charge is 0.322 e. The van der Waals surface area contributed by atoms with Crippen LogP contribution in [-0.4, -0.2) is 53.8 Å². The van der Waals surface area contributed by atoms with E-state index in [-0.39, 0.29) is 37.6 Å². The molecule has 0 bridgehead atoms. The number of urea groups is 1. The number of carbonyl (C=O) groups excluding carboxylic acids is 3. The summed E-state index contributed by atoms with van der Waals surface area (Å²) in [5.74, 6) is -1.76. The van der Waals surface area contributed by atoms with E-state index in [9.17, 15) is 23.2 Å². The van der Waals surface area contributed by atoms with E-state index in [1.165, 1.54) is 65.3 Å². The molecule has 0 aliphatic carbocycles. The number of amides is 4. The van der Waals surface area contributed by atoms with Gasteiger partial charge in [-0.25, -0.2) is 13.6 Å². The quantitative estimate of drug-likeness (QED) is 0.735. The zero-order valence-electron chi connectivity index (χ0n) is 16.9.